The molecule has 3 heteroatoms. The molecule has 1 aliphatic rings. The van der Waals surface area contributed by atoms with Crippen LogP contribution in [0.2, 0.25) is 0 Å². The van der Waals surface area contributed by atoms with Gasteiger partial charge in [0, 0.05) is 12.6 Å². The van der Waals surface area contributed by atoms with Crippen LogP contribution < -0.4 is 5.32 Å². The van der Waals surface area contributed by atoms with Crippen molar-refractivity contribution in [3.8, 4) is 6.07 Å². The van der Waals surface area contributed by atoms with Crippen molar-refractivity contribution in [2.45, 2.75) is 50.8 Å². The van der Waals surface area contributed by atoms with Gasteiger partial charge in [-0.2, -0.15) is 5.26 Å². The Labute approximate surface area is 108 Å². The van der Waals surface area contributed by atoms with Gasteiger partial charge in [0.2, 0.25) is 0 Å². The zero-order valence-electron chi connectivity index (χ0n) is 10.6. The van der Waals surface area contributed by atoms with Crippen LogP contribution in [0.4, 0.5) is 0 Å². The second kappa shape index (κ2) is 6.53. The summed E-state index contributed by atoms with van der Waals surface area (Å²) in [5.41, 5.74) is 1.85. The van der Waals surface area contributed by atoms with Crippen LogP contribution in [0.25, 0.3) is 0 Å². The summed E-state index contributed by atoms with van der Waals surface area (Å²) in [5.74, 6) is 0. The van der Waals surface area contributed by atoms with Gasteiger partial charge in [0.25, 0.3) is 0 Å². The van der Waals surface area contributed by atoms with Crippen LogP contribution in [0, 0.1) is 11.3 Å². The predicted octanol–water partition coefficient (Wildman–Crippen LogP) is 2.34. The third kappa shape index (κ3) is 3.56. The molecule has 96 valence electrons. The standard InChI is InChI=1S/C15H20N2O/c16-10-12-6-8-13(9-7-12)11-17-14-4-2-1-3-5-15(14)18/h6-9,14-15,17-18H,1-5,11H2. The van der Waals surface area contributed by atoms with Crippen molar-refractivity contribution in [1.29, 1.82) is 5.26 Å². The summed E-state index contributed by atoms with van der Waals surface area (Å²) < 4.78 is 0. The summed E-state index contributed by atoms with van der Waals surface area (Å²) in [7, 11) is 0. The molecule has 1 fully saturated rings. The molecule has 3 nitrogen and oxygen atoms in total. The van der Waals surface area contributed by atoms with E-state index in [0.29, 0.717) is 5.56 Å². The molecule has 1 saturated carbocycles. The number of hydrogen-bond donors (Lipinski definition) is 2. The van der Waals surface area contributed by atoms with Crippen molar-refractivity contribution in [3.05, 3.63) is 35.4 Å². The zero-order valence-corrected chi connectivity index (χ0v) is 10.6. The fourth-order valence-electron chi connectivity index (χ4n) is 2.47. The lowest BCUT2D eigenvalue weighted by atomic mass is 10.1. The van der Waals surface area contributed by atoms with Gasteiger partial charge in [0.05, 0.1) is 17.7 Å². The molecule has 0 spiro atoms. The van der Waals surface area contributed by atoms with E-state index < -0.39 is 0 Å². The first-order valence-electron chi connectivity index (χ1n) is 6.70. The Kier molecular flexibility index (Phi) is 4.74. The zero-order chi connectivity index (χ0) is 12.8. The van der Waals surface area contributed by atoms with Crippen LogP contribution in [0.3, 0.4) is 0 Å². The number of nitriles is 1. The predicted molar refractivity (Wildman–Crippen MR) is 70.9 cm³/mol. The molecule has 0 heterocycles. The van der Waals surface area contributed by atoms with Crippen molar-refractivity contribution in [2.24, 2.45) is 0 Å². The molecule has 0 radical (unpaired) electrons. The van der Waals surface area contributed by atoms with Crippen molar-refractivity contribution in [1.82, 2.24) is 5.32 Å². The lowest BCUT2D eigenvalue weighted by Crippen LogP contribution is -2.38. The maximum atomic E-state index is 10.0. The second-order valence-electron chi connectivity index (χ2n) is 5.00. The highest BCUT2D eigenvalue weighted by Gasteiger charge is 2.20. The van der Waals surface area contributed by atoms with Gasteiger partial charge in [-0.15, -0.1) is 0 Å². The normalized spacial score (nSPS) is 24.2. The number of nitrogens with zero attached hydrogens (tertiary/aromatic N) is 1. The molecule has 1 aromatic rings. The Morgan fingerprint density at radius 3 is 2.61 bits per heavy atom. The third-order valence-electron chi connectivity index (χ3n) is 3.63. The lowest BCUT2D eigenvalue weighted by Gasteiger charge is -2.21. The van der Waals surface area contributed by atoms with Gasteiger partial charge in [-0.05, 0) is 30.5 Å². The van der Waals surface area contributed by atoms with E-state index in [-0.39, 0.29) is 12.1 Å². The van der Waals surface area contributed by atoms with Crippen LogP contribution >= 0.6 is 0 Å². The van der Waals surface area contributed by atoms with Gasteiger partial charge in [0.15, 0.2) is 0 Å². The van der Waals surface area contributed by atoms with Crippen LogP contribution in [0.1, 0.15) is 43.2 Å². The van der Waals surface area contributed by atoms with E-state index in [1.54, 1.807) is 0 Å². The largest absolute Gasteiger partial charge is 0.392 e. The number of benzene rings is 1. The number of aliphatic hydroxyl groups excluding tert-OH is 1. The third-order valence-corrected chi connectivity index (χ3v) is 3.63. The van der Waals surface area contributed by atoms with Gasteiger partial charge in [-0.3, -0.25) is 0 Å². The molecule has 0 saturated heterocycles. The van der Waals surface area contributed by atoms with Crippen LogP contribution in [0.5, 0.6) is 0 Å². The van der Waals surface area contributed by atoms with E-state index in [4.69, 9.17) is 5.26 Å². The summed E-state index contributed by atoms with van der Waals surface area (Å²) in [4.78, 5) is 0. The van der Waals surface area contributed by atoms with Crippen LogP contribution in [-0.2, 0) is 6.54 Å². The monoisotopic (exact) mass is 244 g/mol. The highest BCUT2D eigenvalue weighted by molar-refractivity contribution is 5.31. The van der Waals surface area contributed by atoms with Gasteiger partial charge in [-0.1, -0.05) is 31.4 Å². The average molecular weight is 244 g/mol. The highest BCUT2D eigenvalue weighted by Crippen LogP contribution is 2.18. The first kappa shape index (κ1) is 13.1. The van der Waals surface area contributed by atoms with Crippen molar-refractivity contribution < 1.29 is 5.11 Å². The lowest BCUT2D eigenvalue weighted by molar-refractivity contribution is 0.119. The number of aliphatic hydroxyl groups is 1. The Hall–Kier alpha value is -1.37. The van der Waals surface area contributed by atoms with E-state index >= 15 is 0 Å². The van der Waals surface area contributed by atoms with Gasteiger partial charge >= 0.3 is 0 Å². The minimum atomic E-state index is -0.217. The average Bonchev–Trinajstić information content (AvgIpc) is 2.62. The smallest absolute Gasteiger partial charge is 0.0991 e. The fourth-order valence-corrected chi connectivity index (χ4v) is 2.47. The SMILES string of the molecule is N#Cc1ccc(CNC2CCCCCC2O)cc1. The minimum absolute atomic E-state index is 0.211. The summed E-state index contributed by atoms with van der Waals surface area (Å²) >= 11 is 0. The molecule has 2 N–H and O–H groups in total. The summed E-state index contributed by atoms with van der Waals surface area (Å²) in [5, 5.41) is 22.2. The number of nitrogens with one attached hydrogen (secondary N) is 1. The van der Waals surface area contributed by atoms with Crippen molar-refractivity contribution in [2.75, 3.05) is 0 Å². The van der Waals surface area contributed by atoms with E-state index in [0.717, 1.165) is 31.4 Å². The van der Waals surface area contributed by atoms with Crippen LogP contribution in [0.15, 0.2) is 24.3 Å². The molecule has 0 aliphatic heterocycles. The Balaban J connectivity index is 1.87. The van der Waals surface area contributed by atoms with Gasteiger partial charge < -0.3 is 10.4 Å². The molecule has 2 atom stereocenters. The maximum Gasteiger partial charge on any atom is 0.0991 e. The Morgan fingerprint density at radius 2 is 1.89 bits per heavy atom. The topological polar surface area (TPSA) is 56.0 Å². The van der Waals surface area contributed by atoms with Gasteiger partial charge in [-0.25, -0.2) is 0 Å². The van der Waals surface area contributed by atoms with Gasteiger partial charge in [0.1, 0.15) is 0 Å². The molecular formula is C15H20N2O. The van der Waals surface area contributed by atoms with E-state index in [1.807, 2.05) is 24.3 Å². The molecule has 18 heavy (non-hydrogen) atoms. The maximum absolute atomic E-state index is 10.0. The first-order chi connectivity index (χ1) is 8.79. The minimum Gasteiger partial charge on any atom is -0.392 e. The Morgan fingerprint density at radius 1 is 1.17 bits per heavy atom. The number of rotatable bonds is 3. The fraction of sp³-hybridized carbons (Fsp3) is 0.533. The molecule has 0 aromatic heterocycles. The van der Waals surface area contributed by atoms with E-state index in [1.165, 1.54) is 12.8 Å². The highest BCUT2D eigenvalue weighted by atomic mass is 16.3. The molecule has 2 unspecified atom stereocenters. The summed E-state index contributed by atoms with van der Waals surface area (Å²) in [6, 6.07) is 9.93. The van der Waals surface area contributed by atoms with Crippen molar-refractivity contribution in [3.63, 3.8) is 0 Å². The van der Waals surface area contributed by atoms with E-state index in [9.17, 15) is 5.11 Å². The van der Waals surface area contributed by atoms with Crippen molar-refractivity contribution >= 4 is 0 Å². The molecule has 2 rings (SSSR count). The molecule has 0 amide bonds. The molecular weight excluding hydrogens is 224 g/mol. The first-order valence-corrected chi connectivity index (χ1v) is 6.70. The number of hydrogen-bond acceptors (Lipinski definition) is 3. The summed E-state index contributed by atoms with van der Waals surface area (Å²) in [6.07, 6.45) is 5.30. The summed E-state index contributed by atoms with van der Waals surface area (Å²) in [6.45, 7) is 0.757. The molecule has 1 aromatic carbocycles. The second-order valence-corrected chi connectivity index (χ2v) is 5.00. The van der Waals surface area contributed by atoms with Crippen LogP contribution in [-0.4, -0.2) is 17.3 Å². The quantitative estimate of drug-likeness (QED) is 0.802. The molecule has 0 bridgehead atoms. The van der Waals surface area contributed by atoms with E-state index in [2.05, 4.69) is 11.4 Å². The Bertz CT molecular complexity index is 407. The molecule has 1 aliphatic carbocycles.